The molecule has 0 bridgehead atoms. The standard InChI is InChI=1S/C16H31NO/c1-6-18-14-10-13(16(14,4)5)17-15-11(2)8-7-9-12(15)3/h11-15,17H,6-10H2,1-5H3. The van der Waals surface area contributed by atoms with Gasteiger partial charge in [-0.1, -0.05) is 34.1 Å². The summed E-state index contributed by atoms with van der Waals surface area (Å²) in [6.07, 6.45) is 5.84. The number of hydrogen-bond donors (Lipinski definition) is 1. The molecule has 2 nitrogen and oxygen atoms in total. The van der Waals surface area contributed by atoms with Gasteiger partial charge in [0.1, 0.15) is 0 Å². The van der Waals surface area contributed by atoms with Gasteiger partial charge in [-0.3, -0.25) is 0 Å². The van der Waals surface area contributed by atoms with Gasteiger partial charge in [0.05, 0.1) is 6.10 Å². The van der Waals surface area contributed by atoms with E-state index in [-0.39, 0.29) is 0 Å². The molecule has 0 saturated heterocycles. The molecule has 2 saturated carbocycles. The van der Waals surface area contributed by atoms with Crippen molar-refractivity contribution in [2.75, 3.05) is 6.61 Å². The Kier molecular flexibility index (Phi) is 4.38. The number of rotatable bonds is 4. The molecule has 18 heavy (non-hydrogen) atoms. The lowest BCUT2D eigenvalue weighted by atomic mass is 9.63. The lowest BCUT2D eigenvalue weighted by Gasteiger charge is -2.54. The van der Waals surface area contributed by atoms with Crippen molar-refractivity contribution in [3.63, 3.8) is 0 Å². The van der Waals surface area contributed by atoms with Crippen LogP contribution >= 0.6 is 0 Å². The largest absolute Gasteiger partial charge is 0.378 e. The molecule has 0 aromatic carbocycles. The van der Waals surface area contributed by atoms with E-state index in [0.29, 0.717) is 23.6 Å². The van der Waals surface area contributed by atoms with Crippen molar-refractivity contribution in [1.29, 1.82) is 0 Å². The van der Waals surface area contributed by atoms with Crippen LogP contribution in [0, 0.1) is 17.3 Å². The molecule has 106 valence electrons. The predicted octanol–water partition coefficient (Wildman–Crippen LogP) is 3.60. The van der Waals surface area contributed by atoms with E-state index in [0.717, 1.165) is 18.4 Å². The molecule has 0 aromatic rings. The highest BCUT2D eigenvalue weighted by Gasteiger charge is 2.50. The van der Waals surface area contributed by atoms with Crippen molar-refractivity contribution in [2.45, 2.75) is 78.5 Å². The zero-order valence-corrected chi connectivity index (χ0v) is 12.8. The first-order valence-electron chi connectivity index (χ1n) is 7.84. The summed E-state index contributed by atoms with van der Waals surface area (Å²) in [5.74, 6) is 1.66. The van der Waals surface area contributed by atoms with Crippen LogP contribution < -0.4 is 5.32 Å². The third-order valence-electron chi connectivity index (χ3n) is 5.48. The first kappa shape index (κ1) is 14.3. The molecule has 2 rings (SSSR count). The maximum atomic E-state index is 5.83. The fraction of sp³-hybridized carbons (Fsp3) is 1.00. The maximum absolute atomic E-state index is 5.83. The van der Waals surface area contributed by atoms with E-state index in [2.05, 4.69) is 39.9 Å². The lowest BCUT2D eigenvalue weighted by molar-refractivity contribution is -0.120. The molecule has 2 aliphatic carbocycles. The first-order valence-corrected chi connectivity index (χ1v) is 7.84. The molecule has 2 heteroatoms. The SMILES string of the molecule is CCOC1CC(NC2C(C)CCCC2C)C1(C)C. The molecule has 2 fully saturated rings. The van der Waals surface area contributed by atoms with Crippen LogP contribution in [0.5, 0.6) is 0 Å². The Bertz CT molecular complexity index is 266. The minimum Gasteiger partial charge on any atom is -0.378 e. The molecule has 1 N–H and O–H groups in total. The second-order valence-electron chi connectivity index (χ2n) is 7.13. The highest BCUT2D eigenvalue weighted by Crippen LogP contribution is 2.44. The van der Waals surface area contributed by atoms with Crippen LogP contribution in [0.2, 0.25) is 0 Å². The van der Waals surface area contributed by atoms with Gasteiger partial charge in [-0.2, -0.15) is 0 Å². The smallest absolute Gasteiger partial charge is 0.0655 e. The summed E-state index contributed by atoms with van der Waals surface area (Å²) in [6.45, 7) is 12.5. The first-order chi connectivity index (χ1) is 8.46. The summed E-state index contributed by atoms with van der Waals surface area (Å²) in [6, 6.07) is 1.35. The van der Waals surface area contributed by atoms with Crippen LogP contribution in [-0.4, -0.2) is 24.8 Å². The van der Waals surface area contributed by atoms with Gasteiger partial charge in [0.15, 0.2) is 0 Å². The molecule has 2 aliphatic rings. The molecular weight excluding hydrogens is 222 g/mol. The molecule has 4 unspecified atom stereocenters. The summed E-state index contributed by atoms with van der Waals surface area (Å²) in [7, 11) is 0. The fourth-order valence-corrected chi connectivity index (χ4v) is 3.89. The molecule has 0 radical (unpaired) electrons. The van der Waals surface area contributed by atoms with Crippen molar-refractivity contribution >= 4 is 0 Å². The Morgan fingerprint density at radius 1 is 1.17 bits per heavy atom. The summed E-state index contributed by atoms with van der Waals surface area (Å²) >= 11 is 0. The van der Waals surface area contributed by atoms with Gasteiger partial charge < -0.3 is 10.1 Å². The maximum Gasteiger partial charge on any atom is 0.0655 e. The Hall–Kier alpha value is -0.0800. The Labute approximate surface area is 113 Å². The van der Waals surface area contributed by atoms with Gasteiger partial charge >= 0.3 is 0 Å². The van der Waals surface area contributed by atoms with E-state index in [9.17, 15) is 0 Å². The summed E-state index contributed by atoms with van der Waals surface area (Å²) in [4.78, 5) is 0. The number of ether oxygens (including phenoxy) is 1. The average Bonchev–Trinajstić information content (AvgIpc) is 2.31. The minimum absolute atomic E-state index is 0.299. The van der Waals surface area contributed by atoms with Crippen LogP contribution in [0.25, 0.3) is 0 Å². The Balaban J connectivity index is 1.90. The van der Waals surface area contributed by atoms with Gasteiger partial charge in [0, 0.05) is 24.1 Å². The molecule has 4 atom stereocenters. The van der Waals surface area contributed by atoms with Crippen LogP contribution in [0.3, 0.4) is 0 Å². The highest BCUT2D eigenvalue weighted by molar-refractivity contribution is 5.04. The number of nitrogens with one attached hydrogen (secondary N) is 1. The number of hydrogen-bond acceptors (Lipinski definition) is 2. The molecule has 0 aromatic heterocycles. The van der Waals surface area contributed by atoms with Gasteiger partial charge in [-0.05, 0) is 38.0 Å². The van der Waals surface area contributed by atoms with E-state index in [1.165, 1.54) is 25.7 Å². The quantitative estimate of drug-likeness (QED) is 0.826. The normalized spacial score (nSPS) is 43.5. The van der Waals surface area contributed by atoms with Crippen molar-refractivity contribution < 1.29 is 4.74 Å². The Morgan fingerprint density at radius 3 is 2.28 bits per heavy atom. The van der Waals surface area contributed by atoms with Crippen LogP contribution in [0.4, 0.5) is 0 Å². The fourth-order valence-electron chi connectivity index (χ4n) is 3.89. The van der Waals surface area contributed by atoms with E-state index < -0.39 is 0 Å². The van der Waals surface area contributed by atoms with E-state index >= 15 is 0 Å². The second kappa shape index (κ2) is 5.50. The summed E-state index contributed by atoms with van der Waals surface area (Å²) < 4.78 is 5.83. The van der Waals surface area contributed by atoms with E-state index in [4.69, 9.17) is 4.74 Å². The van der Waals surface area contributed by atoms with Crippen molar-refractivity contribution in [3.05, 3.63) is 0 Å². The van der Waals surface area contributed by atoms with Gasteiger partial charge in [-0.25, -0.2) is 0 Å². The third kappa shape index (κ3) is 2.60. The third-order valence-corrected chi connectivity index (χ3v) is 5.48. The molecule has 0 aliphatic heterocycles. The topological polar surface area (TPSA) is 21.3 Å². The van der Waals surface area contributed by atoms with E-state index in [1.54, 1.807) is 0 Å². The van der Waals surface area contributed by atoms with Crippen LogP contribution in [0.15, 0.2) is 0 Å². The van der Waals surface area contributed by atoms with Crippen molar-refractivity contribution in [2.24, 2.45) is 17.3 Å². The second-order valence-corrected chi connectivity index (χ2v) is 7.13. The Morgan fingerprint density at radius 2 is 1.78 bits per heavy atom. The van der Waals surface area contributed by atoms with Gasteiger partial charge in [0.25, 0.3) is 0 Å². The zero-order chi connectivity index (χ0) is 13.3. The minimum atomic E-state index is 0.299. The lowest BCUT2D eigenvalue weighted by Crippen LogP contribution is -2.64. The molecule has 0 heterocycles. The molecule has 0 spiro atoms. The zero-order valence-electron chi connectivity index (χ0n) is 12.8. The monoisotopic (exact) mass is 253 g/mol. The molecular formula is C16H31NO. The summed E-state index contributed by atoms with van der Waals surface area (Å²) in [5, 5.41) is 3.95. The van der Waals surface area contributed by atoms with Crippen LogP contribution in [0.1, 0.15) is 60.3 Å². The van der Waals surface area contributed by atoms with E-state index in [1.807, 2.05) is 0 Å². The van der Waals surface area contributed by atoms with Gasteiger partial charge in [-0.15, -0.1) is 0 Å². The summed E-state index contributed by atoms with van der Waals surface area (Å²) in [5.41, 5.74) is 0.299. The molecule has 0 amide bonds. The van der Waals surface area contributed by atoms with Crippen molar-refractivity contribution in [3.8, 4) is 0 Å². The van der Waals surface area contributed by atoms with Crippen molar-refractivity contribution in [1.82, 2.24) is 5.32 Å². The average molecular weight is 253 g/mol. The van der Waals surface area contributed by atoms with Gasteiger partial charge in [0.2, 0.25) is 0 Å². The van der Waals surface area contributed by atoms with Crippen LogP contribution in [-0.2, 0) is 4.74 Å². The highest BCUT2D eigenvalue weighted by atomic mass is 16.5. The predicted molar refractivity (Wildman–Crippen MR) is 76.7 cm³/mol.